The molecule has 11 heteroatoms. The number of rotatable bonds is 6. The van der Waals surface area contributed by atoms with Crippen LogP contribution in [0.4, 0.5) is 5.69 Å². The average Bonchev–Trinajstić information content (AvgIpc) is 3.48. The van der Waals surface area contributed by atoms with Crippen LogP contribution in [-0.4, -0.2) is 73.9 Å². The average molecular weight is 559 g/mol. The standard InChI is InChI=1S/C29H27ClN6O4/c30-17-3-1-2-16(10-17)24(37)13-32-20-4-7-31-27(38)25(20)26-33-21-11-18-19(12-22(21)34-26)29(40)36(28(18)39)23-14-35-8-5-15(23)6-9-35/h1-4,7,10-12,15,23-24,37H,5-6,8-9,13-14H2,(H,33,34)(H2,31,32,38)/t23-,24+/m0/s1. The smallest absolute Gasteiger partial charge is 0.261 e. The number of hydrogen-bond donors (Lipinski definition) is 4. The van der Waals surface area contributed by atoms with Crippen molar-refractivity contribution in [2.24, 2.45) is 5.92 Å². The molecule has 6 heterocycles. The van der Waals surface area contributed by atoms with Crippen LogP contribution in [0.1, 0.15) is 45.2 Å². The highest BCUT2D eigenvalue weighted by molar-refractivity contribution is 6.30. The van der Waals surface area contributed by atoms with Gasteiger partial charge < -0.3 is 25.3 Å². The molecule has 0 unspecified atom stereocenters. The molecular weight excluding hydrogens is 532 g/mol. The second-order valence-corrected chi connectivity index (χ2v) is 11.2. The summed E-state index contributed by atoms with van der Waals surface area (Å²) < 4.78 is 0. The minimum absolute atomic E-state index is 0.101. The van der Waals surface area contributed by atoms with Crippen LogP contribution >= 0.6 is 11.6 Å². The van der Waals surface area contributed by atoms with Crippen LogP contribution in [0.3, 0.4) is 0 Å². The first-order valence-electron chi connectivity index (χ1n) is 13.4. The number of nitrogens with zero attached hydrogens (tertiary/aromatic N) is 3. The molecule has 0 saturated carbocycles. The molecule has 2 bridgehead atoms. The van der Waals surface area contributed by atoms with Gasteiger partial charge in [0, 0.05) is 24.3 Å². The molecule has 4 aliphatic rings. The van der Waals surface area contributed by atoms with E-state index in [0.29, 0.717) is 44.4 Å². The van der Waals surface area contributed by atoms with E-state index in [1.54, 1.807) is 42.5 Å². The van der Waals surface area contributed by atoms with E-state index in [9.17, 15) is 19.5 Å². The van der Waals surface area contributed by atoms with Crippen LogP contribution in [0, 0.1) is 5.92 Å². The maximum atomic E-state index is 13.5. The number of carbonyl (C=O) groups excluding carboxylic acids is 2. The Labute approximate surface area is 234 Å². The number of carbonyl (C=O) groups is 2. The van der Waals surface area contributed by atoms with E-state index < -0.39 is 6.10 Å². The Kier molecular flexibility index (Phi) is 5.99. The van der Waals surface area contributed by atoms with E-state index >= 15 is 0 Å². The highest BCUT2D eigenvalue weighted by Crippen LogP contribution is 2.37. The molecule has 0 aliphatic carbocycles. The van der Waals surface area contributed by atoms with Crippen LogP contribution in [0.15, 0.2) is 53.5 Å². The van der Waals surface area contributed by atoms with Gasteiger partial charge in [-0.25, -0.2) is 4.98 Å². The number of imidazole rings is 1. The van der Waals surface area contributed by atoms with Crippen LogP contribution in [-0.2, 0) is 0 Å². The number of anilines is 1. The van der Waals surface area contributed by atoms with Crippen molar-refractivity contribution >= 4 is 40.1 Å². The molecule has 10 nitrogen and oxygen atoms in total. The zero-order valence-electron chi connectivity index (χ0n) is 21.5. The molecule has 4 aliphatic heterocycles. The molecule has 3 fully saturated rings. The maximum Gasteiger partial charge on any atom is 0.261 e. The monoisotopic (exact) mass is 558 g/mol. The number of H-pyrrole nitrogens is 2. The van der Waals surface area contributed by atoms with E-state index in [-0.39, 0.29) is 41.3 Å². The van der Waals surface area contributed by atoms with Crippen molar-refractivity contribution < 1.29 is 14.7 Å². The SMILES string of the molecule is O=C1c2cc3nc(-c4c(NC[C@@H](O)c5cccc(Cl)c5)cc[nH]c4=O)[nH]c3cc2C(=O)N1[C@H]1CN2CCC1CC2. The highest BCUT2D eigenvalue weighted by Gasteiger charge is 2.46. The summed E-state index contributed by atoms with van der Waals surface area (Å²) in [5.74, 6) is 0.0798. The normalized spacial score (nSPS) is 22.6. The molecule has 2 amide bonds. The van der Waals surface area contributed by atoms with E-state index in [1.165, 1.54) is 11.1 Å². The highest BCUT2D eigenvalue weighted by atomic mass is 35.5. The Hall–Kier alpha value is -3.99. The maximum absolute atomic E-state index is 13.5. The van der Waals surface area contributed by atoms with Crippen molar-refractivity contribution in [1.82, 2.24) is 24.8 Å². The quantitative estimate of drug-likeness (QED) is 0.266. The summed E-state index contributed by atoms with van der Waals surface area (Å²) in [4.78, 5) is 54.1. The number of fused-ring (bicyclic) bond motifs is 5. The van der Waals surface area contributed by atoms with E-state index in [0.717, 1.165) is 32.5 Å². The first kappa shape index (κ1) is 25.0. The number of aromatic nitrogens is 3. The molecule has 0 spiro atoms. The molecule has 8 rings (SSSR count). The van der Waals surface area contributed by atoms with Crippen LogP contribution in [0.5, 0.6) is 0 Å². The lowest BCUT2D eigenvalue weighted by Gasteiger charge is -2.47. The predicted molar refractivity (Wildman–Crippen MR) is 151 cm³/mol. The van der Waals surface area contributed by atoms with Gasteiger partial charge in [-0.1, -0.05) is 23.7 Å². The van der Waals surface area contributed by atoms with Crippen molar-refractivity contribution in [2.75, 3.05) is 31.5 Å². The Balaban J connectivity index is 1.18. The second-order valence-electron chi connectivity index (χ2n) is 10.7. The molecule has 40 heavy (non-hydrogen) atoms. The number of aliphatic hydroxyl groups is 1. The third-order valence-corrected chi connectivity index (χ3v) is 8.62. The van der Waals surface area contributed by atoms with Crippen molar-refractivity contribution in [2.45, 2.75) is 25.0 Å². The number of amides is 2. The van der Waals surface area contributed by atoms with E-state index in [2.05, 4.69) is 25.2 Å². The summed E-state index contributed by atoms with van der Waals surface area (Å²) in [5, 5.41) is 14.3. The summed E-state index contributed by atoms with van der Waals surface area (Å²) in [6, 6.07) is 11.8. The van der Waals surface area contributed by atoms with Gasteiger partial charge in [-0.3, -0.25) is 19.3 Å². The molecule has 2 aromatic heterocycles. The van der Waals surface area contributed by atoms with Crippen LogP contribution < -0.4 is 10.9 Å². The van der Waals surface area contributed by atoms with Gasteiger partial charge >= 0.3 is 0 Å². The van der Waals surface area contributed by atoms with Gasteiger partial charge in [-0.05, 0) is 67.7 Å². The minimum atomic E-state index is -0.861. The number of benzene rings is 2. The fourth-order valence-electron chi connectivity index (χ4n) is 6.31. The van der Waals surface area contributed by atoms with Gasteiger partial charge in [0.2, 0.25) is 0 Å². The lowest BCUT2D eigenvalue weighted by atomic mass is 9.83. The molecule has 3 saturated heterocycles. The largest absolute Gasteiger partial charge is 0.387 e. The molecule has 4 aromatic rings. The number of imide groups is 1. The van der Waals surface area contributed by atoms with Gasteiger partial charge in [0.05, 0.1) is 40.0 Å². The number of aromatic amines is 2. The minimum Gasteiger partial charge on any atom is -0.387 e. The zero-order valence-corrected chi connectivity index (χ0v) is 22.2. The first-order chi connectivity index (χ1) is 19.4. The van der Waals surface area contributed by atoms with Crippen molar-refractivity contribution in [3.05, 3.63) is 80.7 Å². The van der Waals surface area contributed by atoms with Crippen LogP contribution in [0.2, 0.25) is 5.02 Å². The van der Waals surface area contributed by atoms with Crippen molar-refractivity contribution in [1.29, 1.82) is 0 Å². The van der Waals surface area contributed by atoms with Crippen LogP contribution in [0.25, 0.3) is 22.4 Å². The van der Waals surface area contributed by atoms with Gasteiger partial charge in [0.25, 0.3) is 17.4 Å². The number of aliphatic hydroxyl groups excluding tert-OH is 1. The zero-order chi connectivity index (χ0) is 27.5. The lowest BCUT2D eigenvalue weighted by molar-refractivity contribution is 0.0120. The van der Waals surface area contributed by atoms with Gasteiger partial charge in [0.15, 0.2) is 0 Å². The summed E-state index contributed by atoms with van der Waals surface area (Å²) in [6.45, 7) is 2.91. The molecule has 2 aromatic carbocycles. The Morgan fingerprint density at radius 2 is 1.85 bits per heavy atom. The lowest BCUT2D eigenvalue weighted by Crippen LogP contribution is -2.58. The third kappa shape index (κ3) is 4.11. The van der Waals surface area contributed by atoms with Crippen molar-refractivity contribution in [3.63, 3.8) is 0 Å². The second kappa shape index (κ2) is 9.58. The number of hydrogen-bond acceptors (Lipinski definition) is 7. The topological polar surface area (TPSA) is 134 Å². The molecule has 2 atom stereocenters. The molecule has 4 N–H and O–H groups in total. The first-order valence-corrected chi connectivity index (χ1v) is 13.8. The summed E-state index contributed by atoms with van der Waals surface area (Å²) in [7, 11) is 0. The Morgan fingerprint density at radius 1 is 1.07 bits per heavy atom. The van der Waals surface area contributed by atoms with E-state index in [4.69, 9.17) is 11.6 Å². The fourth-order valence-corrected chi connectivity index (χ4v) is 6.51. The molecular formula is C29H27ClN6O4. The van der Waals surface area contributed by atoms with Crippen molar-refractivity contribution in [3.8, 4) is 11.4 Å². The molecule has 204 valence electrons. The number of pyridine rings is 1. The Morgan fingerprint density at radius 3 is 2.58 bits per heavy atom. The number of halogens is 1. The third-order valence-electron chi connectivity index (χ3n) is 8.39. The summed E-state index contributed by atoms with van der Waals surface area (Å²) in [6.07, 6.45) is 2.65. The predicted octanol–water partition coefficient (Wildman–Crippen LogP) is 3.41. The van der Waals surface area contributed by atoms with Gasteiger partial charge in [-0.15, -0.1) is 0 Å². The Bertz CT molecular complexity index is 1670. The molecule has 0 radical (unpaired) electrons. The fraction of sp³-hybridized carbons (Fsp3) is 0.310. The summed E-state index contributed by atoms with van der Waals surface area (Å²) >= 11 is 6.05. The van der Waals surface area contributed by atoms with Gasteiger partial charge in [0.1, 0.15) is 11.4 Å². The van der Waals surface area contributed by atoms with Gasteiger partial charge in [-0.2, -0.15) is 0 Å². The summed E-state index contributed by atoms with van der Waals surface area (Å²) in [5.41, 5.74) is 2.73. The number of nitrogens with one attached hydrogen (secondary N) is 3. The van der Waals surface area contributed by atoms with E-state index in [1.807, 2.05) is 0 Å². The number of piperidine rings is 3.